The van der Waals surface area contributed by atoms with E-state index in [1.165, 1.54) is 5.69 Å². The van der Waals surface area contributed by atoms with Crippen LogP contribution in [0, 0.1) is 0 Å². The zero-order valence-corrected chi connectivity index (χ0v) is 24.6. The zero-order chi connectivity index (χ0) is 29.0. The zero-order valence-electron chi connectivity index (χ0n) is 24.6. The lowest BCUT2D eigenvalue weighted by Crippen LogP contribution is -2.36. The molecule has 5 rings (SSSR count). The number of benzene rings is 3. The second-order valence-electron chi connectivity index (χ2n) is 10.6. The summed E-state index contributed by atoms with van der Waals surface area (Å²) in [4.78, 5) is 31.3. The summed E-state index contributed by atoms with van der Waals surface area (Å²) in [5.74, 6) is 0.362. The van der Waals surface area contributed by atoms with Gasteiger partial charge >= 0.3 is 0 Å². The predicted octanol–water partition coefficient (Wildman–Crippen LogP) is 4.99. The smallest absolute Gasteiger partial charge is 0.179 e. The number of likely N-dealkylation sites (N-methyl/N-ethyl adjacent to an activating group) is 1. The molecule has 0 aromatic heterocycles. The molecule has 7 nitrogen and oxygen atoms in total. The molecule has 3 aromatic rings. The highest BCUT2D eigenvalue weighted by atomic mass is 16.5. The van der Waals surface area contributed by atoms with Crippen LogP contribution in [0.2, 0.25) is 0 Å². The lowest BCUT2D eigenvalue weighted by atomic mass is 10.0. The van der Waals surface area contributed by atoms with Crippen molar-refractivity contribution in [1.29, 1.82) is 0 Å². The molecule has 0 N–H and O–H groups in total. The van der Waals surface area contributed by atoms with Crippen molar-refractivity contribution in [2.75, 3.05) is 76.5 Å². The number of carbonyl (C=O) groups excluding carboxylic acids is 2. The van der Waals surface area contributed by atoms with Gasteiger partial charge in [0, 0.05) is 55.1 Å². The monoisotopic (exact) mass is 557 g/mol. The lowest BCUT2D eigenvalue weighted by molar-refractivity contribution is 0.0871. The first-order chi connectivity index (χ1) is 20.0. The maximum Gasteiger partial charge on any atom is 0.179 e. The van der Waals surface area contributed by atoms with Crippen LogP contribution < -0.4 is 9.80 Å². The van der Waals surface area contributed by atoms with E-state index in [-0.39, 0.29) is 17.6 Å². The predicted molar refractivity (Wildman–Crippen MR) is 166 cm³/mol. The Hall–Kier alpha value is -3.52. The Balaban J connectivity index is 0.000000189. The average molecular weight is 558 g/mol. The molecule has 2 aliphatic rings. The van der Waals surface area contributed by atoms with Gasteiger partial charge < -0.3 is 19.3 Å². The fourth-order valence-electron chi connectivity index (χ4n) is 5.20. The molecule has 2 heterocycles. The van der Waals surface area contributed by atoms with Crippen molar-refractivity contribution in [3.8, 4) is 0 Å². The number of ether oxygens (including phenoxy) is 2. The molecular weight excluding hydrogens is 514 g/mol. The van der Waals surface area contributed by atoms with E-state index in [2.05, 4.69) is 9.80 Å². The van der Waals surface area contributed by atoms with Crippen LogP contribution in [0.3, 0.4) is 0 Å². The normalized spacial score (nSPS) is 16.1. The van der Waals surface area contributed by atoms with Gasteiger partial charge in [-0.3, -0.25) is 14.5 Å². The van der Waals surface area contributed by atoms with Gasteiger partial charge in [0.1, 0.15) is 0 Å². The Bertz CT molecular complexity index is 1220. The molecule has 7 heteroatoms. The van der Waals surface area contributed by atoms with Gasteiger partial charge in [-0.05, 0) is 74.6 Å². The molecule has 2 aliphatic heterocycles. The molecular formula is C34H43N3O4. The number of carbonyl (C=O) groups is 2. The van der Waals surface area contributed by atoms with Crippen LogP contribution in [0.1, 0.15) is 39.6 Å². The third kappa shape index (κ3) is 8.73. The fourth-order valence-corrected chi connectivity index (χ4v) is 5.20. The number of nitrogens with zero attached hydrogens (tertiary/aromatic N) is 3. The first kappa shape index (κ1) is 30.4. The minimum atomic E-state index is -0.0377. The summed E-state index contributed by atoms with van der Waals surface area (Å²) in [6.07, 6.45) is 1.29. The van der Waals surface area contributed by atoms with Gasteiger partial charge in [0.25, 0.3) is 0 Å². The van der Waals surface area contributed by atoms with E-state index >= 15 is 0 Å². The summed E-state index contributed by atoms with van der Waals surface area (Å²) in [6, 6.07) is 25.7. The van der Waals surface area contributed by atoms with Crippen molar-refractivity contribution in [3.05, 3.63) is 95.6 Å². The lowest BCUT2D eigenvalue weighted by Gasteiger charge is -2.29. The average Bonchev–Trinajstić information content (AvgIpc) is 3.03. The van der Waals surface area contributed by atoms with Crippen LogP contribution in [0.25, 0.3) is 0 Å². The van der Waals surface area contributed by atoms with Crippen molar-refractivity contribution < 1.29 is 19.1 Å². The molecule has 1 unspecified atom stereocenters. The third-order valence-corrected chi connectivity index (χ3v) is 7.61. The summed E-state index contributed by atoms with van der Waals surface area (Å²) in [6.45, 7) is 8.81. The molecule has 1 atom stereocenters. The van der Waals surface area contributed by atoms with Crippen LogP contribution in [0.4, 0.5) is 11.4 Å². The first-order valence-electron chi connectivity index (χ1n) is 14.6. The highest BCUT2D eigenvalue weighted by molar-refractivity contribution is 6.00. The molecule has 2 saturated heterocycles. The second kappa shape index (κ2) is 15.5. The molecule has 0 aliphatic carbocycles. The summed E-state index contributed by atoms with van der Waals surface area (Å²) >= 11 is 0. The van der Waals surface area contributed by atoms with E-state index in [0.29, 0.717) is 6.42 Å². The minimum Gasteiger partial charge on any atom is -0.378 e. The maximum absolute atomic E-state index is 12.4. The van der Waals surface area contributed by atoms with Gasteiger partial charge in [-0.2, -0.15) is 0 Å². The van der Waals surface area contributed by atoms with Crippen molar-refractivity contribution in [1.82, 2.24) is 4.90 Å². The van der Waals surface area contributed by atoms with E-state index in [4.69, 9.17) is 9.47 Å². The van der Waals surface area contributed by atoms with E-state index in [9.17, 15) is 9.59 Å². The first-order valence-corrected chi connectivity index (χ1v) is 14.6. The minimum absolute atomic E-state index is 0.0377. The standard InChI is InChI=1S/C18H19NO2.C16H24N2O2/c20-18(14-15-4-2-1-3-5-15)16-6-8-17(9-7-16)19-10-12-21-13-11-19;1-4-15(17(2)3)16(19)13-5-7-14(8-6-13)18-9-11-20-12-10-18/h1-9H,10-14H2;5-8,15H,4,9-12H2,1-3H3. The van der Waals surface area contributed by atoms with E-state index in [1.54, 1.807) is 0 Å². The third-order valence-electron chi connectivity index (χ3n) is 7.61. The molecule has 0 spiro atoms. The molecule has 41 heavy (non-hydrogen) atoms. The number of anilines is 2. The number of ketones is 2. The Morgan fingerprint density at radius 3 is 1.61 bits per heavy atom. The molecule has 0 amide bonds. The van der Waals surface area contributed by atoms with Crippen molar-refractivity contribution in [2.24, 2.45) is 0 Å². The Morgan fingerprint density at radius 1 is 0.707 bits per heavy atom. The van der Waals surface area contributed by atoms with Crippen LogP contribution in [0.15, 0.2) is 78.9 Å². The number of Topliss-reactive ketones (excluding diaryl/α,β-unsaturated/α-hetero) is 2. The van der Waals surface area contributed by atoms with E-state index in [0.717, 1.165) is 81.4 Å². The van der Waals surface area contributed by atoms with Crippen LogP contribution in [-0.4, -0.2) is 89.2 Å². The summed E-state index contributed by atoms with van der Waals surface area (Å²) in [5, 5.41) is 0. The van der Waals surface area contributed by atoms with Crippen LogP contribution >= 0.6 is 0 Å². The molecule has 0 radical (unpaired) electrons. The quantitative estimate of drug-likeness (QED) is 0.344. The van der Waals surface area contributed by atoms with Gasteiger partial charge in [0.15, 0.2) is 11.6 Å². The van der Waals surface area contributed by atoms with Crippen LogP contribution in [-0.2, 0) is 15.9 Å². The Labute approximate surface area is 244 Å². The van der Waals surface area contributed by atoms with Gasteiger partial charge in [0.05, 0.1) is 32.5 Å². The van der Waals surface area contributed by atoms with Crippen LogP contribution in [0.5, 0.6) is 0 Å². The van der Waals surface area contributed by atoms with Gasteiger partial charge in [-0.15, -0.1) is 0 Å². The Kier molecular flexibility index (Phi) is 11.5. The summed E-state index contributed by atoms with van der Waals surface area (Å²) in [7, 11) is 3.91. The molecule has 0 saturated carbocycles. The van der Waals surface area contributed by atoms with Gasteiger partial charge in [-0.1, -0.05) is 37.3 Å². The second-order valence-corrected chi connectivity index (χ2v) is 10.6. The van der Waals surface area contributed by atoms with E-state index < -0.39 is 0 Å². The van der Waals surface area contributed by atoms with Gasteiger partial charge in [0.2, 0.25) is 0 Å². The molecule has 0 bridgehead atoms. The largest absolute Gasteiger partial charge is 0.378 e. The number of morpholine rings is 2. The number of hydrogen-bond acceptors (Lipinski definition) is 7. The SMILES string of the molecule is CCC(C(=O)c1ccc(N2CCOCC2)cc1)N(C)C.O=C(Cc1ccccc1)c1ccc(N2CCOCC2)cc1. The highest BCUT2D eigenvalue weighted by Gasteiger charge is 2.20. The van der Waals surface area contributed by atoms with Crippen molar-refractivity contribution in [2.45, 2.75) is 25.8 Å². The summed E-state index contributed by atoms with van der Waals surface area (Å²) in [5.41, 5.74) is 4.95. The Morgan fingerprint density at radius 2 is 1.17 bits per heavy atom. The topological polar surface area (TPSA) is 62.3 Å². The van der Waals surface area contributed by atoms with Crippen molar-refractivity contribution >= 4 is 22.9 Å². The molecule has 2 fully saturated rings. The fraction of sp³-hybridized carbons (Fsp3) is 0.412. The summed E-state index contributed by atoms with van der Waals surface area (Å²) < 4.78 is 10.7. The number of rotatable bonds is 9. The molecule has 218 valence electrons. The molecule has 3 aromatic carbocycles. The van der Waals surface area contributed by atoms with E-state index in [1.807, 2.05) is 105 Å². The van der Waals surface area contributed by atoms with Crippen molar-refractivity contribution in [3.63, 3.8) is 0 Å². The highest BCUT2D eigenvalue weighted by Crippen LogP contribution is 2.19. The number of hydrogen-bond donors (Lipinski definition) is 0. The maximum atomic E-state index is 12.4. The van der Waals surface area contributed by atoms with Gasteiger partial charge in [-0.25, -0.2) is 0 Å².